The minimum Gasteiger partial charge on any atom is -0.464 e. The normalized spacial score (nSPS) is 11.7. The molecule has 0 fully saturated rings. The topological polar surface area (TPSA) is 68.3 Å². The smallest absolute Gasteiger partial charge is 0.328 e. The zero-order chi connectivity index (χ0) is 13.4. The SMILES string of the molecule is CC(=O)NC(C)C(=O)OCCCc1cccnc1. The molecule has 0 aliphatic heterocycles. The lowest BCUT2D eigenvalue weighted by atomic mass is 10.2. The van der Waals surface area contributed by atoms with Crippen molar-refractivity contribution >= 4 is 11.9 Å². The predicted octanol–water partition coefficient (Wildman–Crippen LogP) is 1.08. The number of aryl methyl sites for hydroxylation is 1. The second-order valence-corrected chi connectivity index (χ2v) is 4.05. The molecule has 1 unspecified atom stereocenters. The molecule has 1 heterocycles. The number of hydrogen-bond acceptors (Lipinski definition) is 4. The lowest BCUT2D eigenvalue weighted by Gasteiger charge is -2.11. The number of aromatic nitrogens is 1. The number of pyridine rings is 1. The Balaban J connectivity index is 2.18. The number of rotatable bonds is 6. The van der Waals surface area contributed by atoms with Crippen molar-refractivity contribution in [3.05, 3.63) is 30.1 Å². The highest BCUT2D eigenvalue weighted by Crippen LogP contribution is 2.01. The number of amides is 1. The van der Waals surface area contributed by atoms with Gasteiger partial charge in [-0.25, -0.2) is 4.79 Å². The molecular weight excluding hydrogens is 232 g/mol. The van der Waals surface area contributed by atoms with E-state index in [9.17, 15) is 9.59 Å². The van der Waals surface area contributed by atoms with Crippen LogP contribution in [-0.2, 0) is 20.7 Å². The van der Waals surface area contributed by atoms with Crippen LogP contribution in [0.15, 0.2) is 24.5 Å². The van der Waals surface area contributed by atoms with Crippen molar-refractivity contribution in [2.24, 2.45) is 0 Å². The van der Waals surface area contributed by atoms with Gasteiger partial charge in [-0.1, -0.05) is 6.07 Å². The van der Waals surface area contributed by atoms with Gasteiger partial charge in [0, 0.05) is 19.3 Å². The van der Waals surface area contributed by atoms with Crippen LogP contribution in [0.3, 0.4) is 0 Å². The number of hydrogen-bond donors (Lipinski definition) is 1. The van der Waals surface area contributed by atoms with Crippen molar-refractivity contribution in [3.63, 3.8) is 0 Å². The Kier molecular flexibility index (Phi) is 5.84. The minimum absolute atomic E-state index is 0.241. The third kappa shape index (κ3) is 5.43. The van der Waals surface area contributed by atoms with Crippen LogP contribution in [0.2, 0.25) is 0 Å². The van der Waals surface area contributed by atoms with E-state index in [1.807, 2.05) is 12.1 Å². The average molecular weight is 250 g/mol. The van der Waals surface area contributed by atoms with Gasteiger partial charge in [-0.15, -0.1) is 0 Å². The Morgan fingerprint density at radius 1 is 1.50 bits per heavy atom. The highest BCUT2D eigenvalue weighted by atomic mass is 16.5. The minimum atomic E-state index is -0.596. The van der Waals surface area contributed by atoms with Gasteiger partial charge in [-0.2, -0.15) is 0 Å². The highest BCUT2D eigenvalue weighted by molar-refractivity contribution is 5.82. The number of carbonyl (C=O) groups is 2. The maximum Gasteiger partial charge on any atom is 0.328 e. The van der Waals surface area contributed by atoms with E-state index >= 15 is 0 Å². The van der Waals surface area contributed by atoms with E-state index in [1.54, 1.807) is 19.3 Å². The van der Waals surface area contributed by atoms with Gasteiger partial charge >= 0.3 is 5.97 Å². The first-order valence-electron chi connectivity index (χ1n) is 5.92. The van der Waals surface area contributed by atoms with E-state index in [2.05, 4.69) is 10.3 Å². The van der Waals surface area contributed by atoms with E-state index < -0.39 is 12.0 Å². The quantitative estimate of drug-likeness (QED) is 0.606. The van der Waals surface area contributed by atoms with Gasteiger partial charge in [-0.3, -0.25) is 9.78 Å². The van der Waals surface area contributed by atoms with Crippen molar-refractivity contribution < 1.29 is 14.3 Å². The fourth-order valence-corrected chi connectivity index (χ4v) is 1.48. The molecule has 1 aromatic heterocycles. The molecule has 5 nitrogen and oxygen atoms in total. The van der Waals surface area contributed by atoms with E-state index in [-0.39, 0.29) is 5.91 Å². The summed E-state index contributed by atoms with van der Waals surface area (Å²) in [5, 5.41) is 2.48. The summed E-state index contributed by atoms with van der Waals surface area (Å²) < 4.78 is 5.05. The van der Waals surface area contributed by atoms with Crippen LogP contribution in [-0.4, -0.2) is 29.5 Å². The first-order valence-corrected chi connectivity index (χ1v) is 5.92. The fraction of sp³-hybridized carbons (Fsp3) is 0.462. The monoisotopic (exact) mass is 250 g/mol. The van der Waals surface area contributed by atoms with E-state index in [1.165, 1.54) is 6.92 Å². The van der Waals surface area contributed by atoms with Crippen molar-refractivity contribution in [2.45, 2.75) is 32.7 Å². The number of carbonyl (C=O) groups excluding carboxylic acids is 2. The first kappa shape index (κ1) is 14.2. The molecule has 1 atom stereocenters. The van der Waals surface area contributed by atoms with Crippen LogP contribution in [0.25, 0.3) is 0 Å². The van der Waals surface area contributed by atoms with Gasteiger partial charge in [-0.05, 0) is 31.4 Å². The molecule has 0 saturated heterocycles. The van der Waals surface area contributed by atoms with Gasteiger partial charge in [0.25, 0.3) is 0 Å². The van der Waals surface area contributed by atoms with Gasteiger partial charge < -0.3 is 10.1 Å². The Labute approximate surface area is 107 Å². The van der Waals surface area contributed by atoms with Crippen molar-refractivity contribution in [3.8, 4) is 0 Å². The fourth-order valence-electron chi connectivity index (χ4n) is 1.48. The van der Waals surface area contributed by atoms with Crippen molar-refractivity contribution in [2.75, 3.05) is 6.61 Å². The average Bonchev–Trinajstić information content (AvgIpc) is 2.34. The van der Waals surface area contributed by atoms with E-state index in [4.69, 9.17) is 4.74 Å². The highest BCUT2D eigenvalue weighted by Gasteiger charge is 2.14. The largest absolute Gasteiger partial charge is 0.464 e. The van der Waals surface area contributed by atoms with Crippen LogP contribution in [0, 0.1) is 0 Å². The molecule has 1 aromatic rings. The van der Waals surface area contributed by atoms with E-state index in [0.29, 0.717) is 6.61 Å². The molecule has 18 heavy (non-hydrogen) atoms. The third-order valence-electron chi connectivity index (χ3n) is 2.35. The molecule has 1 rings (SSSR count). The molecule has 0 bridgehead atoms. The van der Waals surface area contributed by atoms with Crippen LogP contribution in [0.1, 0.15) is 25.8 Å². The van der Waals surface area contributed by atoms with Crippen LogP contribution in [0.5, 0.6) is 0 Å². The Morgan fingerprint density at radius 2 is 2.28 bits per heavy atom. The van der Waals surface area contributed by atoms with Crippen LogP contribution < -0.4 is 5.32 Å². The van der Waals surface area contributed by atoms with Gasteiger partial charge in [0.1, 0.15) is 6.04 Å². The number of ether oxygens (including phenoxy) is 1. The summed E-state index contributed by atoms with van der Waals surface area (Å²) in [5.41, 5.74) is 1.11. The predicted molar refractivity (Wildman–Crippen MR) is 66.8 cm³/mol. The Morgan fingerprint density at radius 3 is 2.89 bits per heavy atom. The lowest BCUT2D eigenvalue weighted by Crippen LogP contribution is -2.38. The summed E-state index contributed by atoms with van der Waals surface area (Å²) in [6.07, 6.45) is 5.07. The Hall–Kier alpha value is -1.91. The zero-order valence-electron chi connectivity index (χ0n) is 10.7. The van der Waals surface area contributed by atoms with Crippen LogP contribution >= 0.6 is 0 Å². The molecule has 0 aromatic carbocycles. The maximum atomic E-state index is 11.4. The third-order valence-corrected chi connectivity index (χ3v) is 2.35. The summed E-state index contributed by atoms with van der Waals surface area (Å²) in [7, 11) is 0. The summed E-state index contributed by atoms with van der Waals surface area (Å²) in [6.45, 7) is 3.31. The maximum absolute atomic E-state index is 11.4. The number of nitrogens with one attached hydrogen (secondary N) is 1. The summed E-state index contributed by atoms with van der Waals surface area (Å²) in [6, 6.07) is 3.26. The second kappa shape index (κ2) is 7.42. The first-order chi connectivity index (χ1) is 8.59. The molecule has 0 aliphatic carbocycles. The molecule has 0 aliphatic rings. The van der Waals surface area contributed by atoms with Gasteiger partial charge in [0.15, 0.2) is 0 Å². The molecular formula is C13H18N2O3. The van der Waals surface area contributed by atoms with Crippen molar-refractivity contribution in [1.29, 1.82) is 0 Å². The summed E-state index contributed by atoms with van der Waals surface area (Å²) in [4.78, 5) is 26.2. The number of esters is 1. The Bertz CT molecular complexity index is 392. The second-order valence-electron chi connectivity index (χ2n) is 4.05. The number of nitrogens with zero attached hydrogens (tertiary/aromatic N) is 1. The lowest BCUT2D eigenvalue weighted by molar-refractivity contribution is -0.147. The molecule has 1 N–H and O–H groups in total. The van der Waals surface area contributed by atoms with Crippen molar-refractivity contribution in [1.82, 2.24) is 10.3 Å². The molecule has 98 valence electrons. The van der Waals surface area contributed by atoms with Gasteiger partial charge in [0.05, 0.1) is 6.61 Å². The molecule has 0 spiro atoms. The molecule has 1 amide bonds. The zero-order valence-corrected chi connectivity index (χ0v) is 10.7. The molecule has 0 saturated carbocycles. The summed E-state index contributed by atoms with van der Waals surface area (Å²) in [5.74, 6) is -0.647. The standard InChI is InChI=1S/C13H18N2O3/c1-10(15-11(2)16)13(17)18-8-4-6-12-5-3-7-14-9-12/h3,5,7,9-10H,4,6,8H2,1-2H3,(H,15,16). The van der Waals surface area contributed by atoms with E-state index in [0.717, 1.165) is 18.4 Å². The van der Waals surface area contributed by atoms with Gasteiger partial charge in [0.2, 0.25) is 5.91 Å². The van der Waals surface area contributed by atoms with Crippen LogP contribution in [0.4, 0.5) is 0 Å². The molecule has 5 heteroatoms. The molecule has 0 radical (unpaired) electrons. The summed E-state index contributed by atoms with van der Waals surface area (Å²) >= 11 is 0.